The fourth-order valence-electron chi connectivity index (χ4n) is 4.22. The van der Waals surface area contributed by atoms with E-state index in [1.54, 1.807) is 15.9 Å². The molecule has 7 nitrogen and oxygen atoms in total. The largest absolute Gasteiger partial charge is 0.433 e. The second-order valence-electron chi connectivity index (χ2n) is 7.72. The summed E-state index contributed by atoms with van der Waals surface area (Å²) >= 11 is 0. The SMILES string of the molecule is CCN1C[C@H](C(=O)N2CC[C@H](c3cc4nc(C)cc(C(F)(F)F)n4n3)C2)CC1=O. The van der Waals surface area contributed by atoms with Gasteiger partial charge in [0.1, 0.15) is 5.69 Å². The first kappa shape index (κ1) is 19.7. The van der Waals surface area contributed by atoms with E-state index in [0.717, 1.165) is 10.6 Å². The van der Waals surface area contributed by atoms with Gasteiger partial charge < -0.3 is 9.80 Å². The van der Waals surface area contributed by atoms with Crippen molar-refractivity contribution in [3.8, 4) is 0 Å². The van der Waals surface area contributed by atoms with Crippen molar-refractivity contribution in [1.82, 2.24) is 24.4 Å². The third-order valence-corrected chi connectivity index (χ3v) is 5.73. The van der Waals surface area contributed by atoms with Crippen molar-refractivity contribution in [2.45, 2.75) is 38.8 Å². The lowest BCUT2D eigenvalue weighted by Crippen LogP contribution is -2.35. The molecule has 2 aliphatic heterocycles. The number of alkyl halides is 3. The van der Waals surface area contributed by atoms with Crippen molar-refractivity contribution in [3.05, 3.63) is 29.2 Å². The molecule has 0 bridgehead atoms. The Hall–Kier alpha value is -2.65. The van der Waals surface area contributed by atoms with E-state index >= 15 is 0 Å². The van der Waals surface area contributed by atoms with Crippen molar-refractivity contribution in [2.24, 2.45) is 5.92 Å². The second-order valence-corrected chi connectivity index (χ2v) is 7.72. The minimum absolute atomic E-state index is 0.0110. The third-order valence-electron chi connectivity index (χ3n) is 5.73. The van der Waals surface area contributed by atoms with Gasteiger partial charge in [0.15, 0.2) is 5.65 Å². The van der Waals surface area contributed by atoms with E-state index in [1.165, 1.54) is 6.92 Å². The first-order valence-electron chi connectivity index (χ1n) is 9.68. The molecule has 0 N–H and O–H groups in total. The fraction of sp³-hybridized carbons (Fsp3) is 0.579. The molecule has 10 heteroatoms. The average molecular weight is 409 g/mol. The van der Waals surface area contributed by atoms with Crippen LogP contribution in [0.2, 0.25) is 0 Å². The number of carbonyl (C=O) groups excluding carboxylic acids is 2. The summed E-state index contributed by atoms with van der Waals surface area (Å²) in [5.41, 5.74) is 0.0610. The van der Waals surface area contributed by atoms with Gasteiger partial charge in [-0.05, 0) is 26.3 Å². The van der Waals surface area contributed by atoms with Gasteiger partial charge in [-0.15, -0.1) is 0 Å². The van der Waals surface area contributed by atoms with Gasteiger partial charge in [0.05, 0.1) is 11.6 Å². The molecule has 2 aromatic heterocycles. The highest BCUT2D eigenvalue weighted by atomic mass is 19.4. The van der Waals surface area contributed by atoms with Gasteiger partial charge in [0.2, 0.25) is 11.8 Å². The van der Waals surface area contributed by atoms with Gasteiger partial charge in [0, 0.05) is 50.3 Å². The average Bonchev–Trinajstić information content (AvgIpc) is 3.36. The quantitative estimate of drug-likeness (QED) is 0.780. The number of carbonyl (C=O) groups is 2. The minimum atomic E-state index is -4.53. The van der Waals surface area contributed by atoms with E-state index in [9.17, 15) is 22.8 Å². The number of aromatic nitrogens is 3. The molecule has 0 aliphatic carbocycles. The fourth-order valence-corrected chi connectivity index (χ4v) is 4.22. The Kier molecular flexibility index (Phi) is 4.74. The van der Waals surface area contributed by atoms with Crippen LogP contribution in [-0.2, 0) is 15.8 Å². The molecule has 29 heavy (non-hydrogen) atoms. The molecule has 0 saturated carbocycles. The molecule has 0 spiro atoms. The highest BCUT2D eigenvalue weighted by molar-refractivity contribution is 5.89. The lowest BCUT2D eigenvalue weighted by Gasteiger charge is -2.20. The molecule has 0 aromatic carbocycles. The third kappa shape index (κ3) is 3.56. The molecular formula is C19H22F3N5O2. The first-order valence-corrected chi connectivity index (χ1v) is 9.68. The topological polar surface area (TPSA) is 70.8 Å². The molecule has 2 fully saturated rings. The number of hydrogen-bond donors (Lipinski definition) is 0. The summed E-state index contributed by atoms with van der Waals surface area (Å²) in [4.78, 5) is 32.2. The van der Waals surface area contributed by atoms with Crippen LogP contribution < -0.4 is 0 Å². The van der Waals surface area contributed by atoms with Gasteiger partial charge in [-0.3, -0.25) is 9.59 Å². The Bertz CT molecular complexity index is 971. The summed E-state index contributed by atoms with van der Waals surface area (Å²) in [5.74, 6) is -0.571. The van der Waals surface area contributed by atoms with E-state index in [1.807, 2.05) is 6.92 Å². The van der Waals surface area contributed by atoms with E-state index in [4.69, 9.17) is 0 Å². The Labute approximate surface area is 165 Å². The van der Waals surface area contributed by atoms with Gasteiger partial charge in [-0.1, -0.05) is 0 Å². The Morgan fingerprint density at radius 2 is 2.03 bits per heavy atom. The molecule has 2 amide bonds. The van der Waals surface area contributed by atoms with E-state index in [-0.39, 0.29) is 41.4 Å². The molecule has 4 rings (SSSR count). The normalized spacial score (nSPS) is 22.9. The van der Waals surface area contributed by atoms with Gasteiger partial charge >= 0.3 is 6.18 Å². The Morgan fingerprint density at radius 1 is 1.28 bits per heavy atom. The predicted octanol–water partition coefficient (Wildman–Crippen LogP) is 2.24. The number of fused-ring (bicyclic) bond motifs is 1. The number of nitrogens with zero attached hydrogens (tertiary/aromatic N) is 5. The Balaban J connectivity index is 1.53. The molecule has 156 valence electrons. The molecular weight excluding hydrogens is 387 g/mol. The summed E-state index contributed by atoms with van der Waals surface area (Å²) in [6.45, 7) is 5.31. The number of rotatable bonds is 3. The highest BCUT2D eigenvalue weighted by Gasteiger charge is 2.39. The van der Waals surface area contributed by atoms with Crippen LogP contribution in [0.3, 0.4) is 0 Å². The molecule has 0 unspecified atom stereocenters. The monoisotopic (exact) mass is 409 g/mol. The van der Waals surface area contributed by atoms with Crippen LogP contribution in [-0.4, -0.2) is 62.4 Å². The molecule has 2 saturated heterocycles. The van der Waals surface area contributed by atoms with Crippen LogP contribution in [0.15, 0.2) is 12.1 Å². The molecule has 4 heterocycles. The van der Waals surface area contributed by atoms with Gasteiger partial charge in [-0.25, -0.2) is 9.50 Å². The van der Waals surface area contributed by atoms with Gasteiger partial charge in [-0.2, -0.15) is 18.3 Å². The van der Waals surface area contributed by atoms with Crippen LogP contribution in [0.25, 0.3) is 5.65 Å². The Morgan fingerprint density at radius 3 is 2.69 bits per heavy atom. The molecule has 2 aromatic rings. The van der Waals surface area contributed by atoms with Crippen LogP contribution in [0.4, 0.5) is 13.2 Å². The summed E-state index contributed by atoms with van der Waals surface area (Å²) in [5, 5.41) is 4.16. The molecule has 2 atom stereocenters. The van der Waals surface area contributed by atoms with Crippen LogP contribution in [0.5, 0.6) is 0 Å². The zero-order chi connectivity index (χ0) is 20.9. The maximum absolute atomic E-state index is 13.3. The van der Waals surface area contributed by atoms with Crippen LogP contribution in [0.1, 0.15) is 42.8 Å². The lowest BCUT2D eigenvalue weighted by atomic mass is 10.1. The van der Waals surface area contributed by atoms with Gasteiger partial charge in [0.25, 0.3) is 0 Å². The smallest absolute Gasteiger partial charge is 0.342 e. The zero-order valence-corrected chi connectivity index (χ0v) is 16.2. The number of likely N-dealkylation sites (tertiary alicyclic amines) is 2. The lowest BCUT2D eigenvalue weighted by molar-refractivity contribution is -0.142. The van der Waals surface area contributed by atoms with Crippen LogP contribution >= 0.6 is 0 Å². The van der Waals surface area contributed by atoms with Crippen molar-refractivity contribution >= 4 is 17.5 Å². The minimum Gasteiger partial charge on any atom is -0.342 e. The number of amides is 2. The first-order chi connectivity index (χ1) is 13.7. The maximum Gasteiger partial charge on any atom is 0.433 e. The van der Waals surface area contributed by atoms with Crippen molar-refractivity contribution in [2.75, 3.05) is 26.2 Å². The van der Waals surface area contributed by atoms with Crippen molar-refractivity contribution in [1.29, 1.82) is 0 Å². The summed E-state index contributed by atoms with van der Waals surface area (Å²) in [7, 11) is 0. The van der Waals surface area contributed by atoms with E-state index in [2.05, 4.69) is 10.1 Å². The van der Waals surface area contributed by atoms with Crippen molar-refractivity contribution in [3.63, 3.8) is 0 Å². The van der Waals surface area contributed by atoms with Crippen molar-refractivity contribution < 1.29 is 22.8 Å². The summed E-state index contributed by atoms with van der Waals surface area (Å²) in [6.07, 6.45) is -3.69. The maximum atomic E-state index is 13.3. The molecule has 0 radical (unpaired) electrons. The molecule has 2 aliphatic rings. The zero-order valence-electron chi connectivity index (χ0n) is 16.2. The summed E-state index contributed by atoms with van der Waals surface area (Å²) in [6, 6.07) is 2.55. The second kappa shape index (κ2) is 7.00. The predicted molar refractivity (Wildman–Crippen MR) is 97.0 cm³/mol. The van der Waals surface area contributed by atoms with E-state index in [0.29, 0.717) is 38.3 Å². The van der Waals surface area contributed by atoms with E-state index < -0.39 is 11.9 Å². The number of halogens is 3. The summed E-state index contributed by atoms with van der Waals surface area (Å²) < 4.78 is 40.9. The number of aryl methyl sites for hydroxylation is 1. The standard InChI is InChI=1S/C19H22F3N5O2/c1-3-25-10-13(7-17(25)28)18(29)26-5-4-12(9-26)14-8-16-23-11(2)6-15(19(20,21)22)27(16)24-14/h6,8,12-13H,3-5,7,9-10H2,1-2H3/t12-,13+/m0/s1. The number of hydrogen-bond acceptors (Lipinski definition) is 4. The highest BCUT2D eigenvalue weighted by Crippen LogP contribution is 2.33. The van der Waals surface area contributed by atoms with Crippen LogP contribution in [0, 0.1) is 12.8 Å².